The second-order valence-electron chi connectivity index (χ2n) is 6.44. The molecule has 0 saturated heterocycles. The summed E-state index contributed by atoms with van der Waals surface area (Å²) in [7, 11) is 1.75. The molecule has 0 saturated carbocycles. The molecule has 29 heavy (non-hydrogen) atoms. The predicted molar refractivity (Wildman–Crippen MR) is 108 cm³/mol. The Bertz CT molecular complexity index is 1110. The molecule has 1 aromatic heterocycles. The minimum Gasteiger partial charge on any atom is -0.507 e. The zero-order valence-electron chi connectivity index (χ0n) is 16.3. The van der Waals surface area contributed by atoms with Gasteiger partial charge in [0.05, 0.1) is 24.1 Å². The third kappa shape index (κ3) is 4.55. The molecular formula is C22H21N3O4. The quantitative estimate of drug-likeness (QED) is 0.375. The van der Waals surface area contributed by atoms with Crippen LogP contribution in [0, 0.1) is 18.3 Å². The lowest BCUT2D eigenvalue weighted by Gasteiger charge is -2.09. The summed E-state index contributed by atoms with van der Waals surface area (Å²) in [5.74, 6) is 0.133. The summed E-state index contributed by atoms with van der Waals surface area (Å²) in [5, 5.41) is 19.8. The number of hydrogen-bond acceptors (Lipinski definition) is 6. The maximum atomic E-state index is 11.9. The molecular weight excluding hydrogens is 370 g/mol. The molecule has 0 radical (unpaired) electrons. The Hall–Kier alpha value is -3.79. The lowest BCUT2D eigenvalue weighted by molar-refractivity contribution is -0.143. The van der Waals surface area contributed by atoms with Gasteiger partial charge in [0.2, 0.25) is 0 Å². The van der Waals surface area contributed by atoms with Crippen LogP contribution < -0.4 is 4.74 Å². The van der Waals surface area contributed by atoms with E-state index in [1.807, 2.05) is 61.5 Å². The predicted octanol–water partition coefficient (Wildman–Crippen LogP) is 3.69. The first-order chi connectivity index (χ1) is 14.0. The first-order valence-electron chi connectivity index (χ1n) is 9.09. The fraction of sp³-hybridized carbons (Fsp3) is 0.227. The van der Waals surface area contributed by atoms with Crippen molar-refractivity contribution < 1.29 is 19.4 Å². The molecule has 0 spiro atoms. The van der Waals surface area contributed by atoms with Gasteiger partial charge in [-0.25, -0.2) is 4.98 Å². The van der Waals surface area contributed by atoms with E-state index in [0.717, 1.165) is 11.1 Å². The molecule has 0 bridgehead atoms. The molecule has 1 heterocycles. The number of carbonyl (C=O) groups is 1. The monoisotopic (exact) mass is 391 g/mol. The maximum absolute atomic E-state index is 11.9. The van der Waals surface area contributed by atoms with Gasteiger partial charge in [-0.1, -0.05) is 30.3 Å². The molecule has 0 amide bonds. The fourth-order valence-electron chi connectivity index (χ4n) is 2.87. The zero-order valence-corrected chi connectivity index (χ0v) is 16.3. The lowest BCUT2D eigenvalue weighted by Crippen LogP contribution is -2.13. The summed E-state index contributed by atoms with van der Waals surface area (Å²) in [5.41, 5.74) is 2.47. The number of aliphatic hydroxyl groups is 1. The first-order valence-corrected chi connectivity index (χ1v) is 9.09. The maximum Gasteiger partial charge on any atom is 0.309 e. The van der Waals surface area contributed by atoms with Crippen molar-refractivity contribution in [3.63, 3.8) is 0 Å². The number of rotatable bonds is 7. The number of nitriles is 1. The molecule has 0 fully saturated rings. The topological polar surface area (TPSA) is 97.4 Å². The Morgan fingerprint density at radius 2 is 1.93 bits per heavy atom. The second kappa shape index (κ2) is 8.93. The molecule has 7 nitrogen and oxygen atoms in total. The molecule has 0 unspecified atom stereocenters. The summed E-state index contributed by atoms with van der Waals surface area (Å²) in [4.78, 5) is 16.3. The van der Waals surface area contributed by atoms with E-state index < -0.39 is 12.6 Å². The molecule has 0 aliphatic carbocycles. The number of hydrogen-bond donors (Lipinski definition) is 1. The number of aromatic nitrogens is 2. The Morgan fingerprint density at radius 1 is 1.21 bits per heavy atom. The number of para-hydroxylation sites is 3. The van der Waals surface area contributed by atoms with Crippen molar-refractivity contribution in [3.05, 3.63) is 65.7 Å². The summed E-state index contributed by atoms with van der Waals surface area (Å²) < 4.78 is 12.3. The largest absolute Gasteiger partial charge is 0.507 e. The van der Waals surface area contributed by atoms with E-state index in [-0.39, 0.29) is 24.4 Å². The summed E-state index contributed by atoms with van der Waals surface area (Å²) in [6, 6.07) is 16.8. The van der Waals surface area contributed by atoms with Crippen LogP contribution in [0.25, 0.3) is 16.6 Å². The van der Waals surface area contributed by atoms with Crippen molar-refractivity contribution >= 4 is 22.6 Å². The molecule has 7 heteroatoms. The number of esters is 1. The first kappa shape index (κ1) is 20.0. The Balaban J connectivity index is 1.61. The van der Waals surface area contributed by atoms with E-state index >= 15 is 0 Å². The average molecular weight is 391 g/mol. The minimum absolute atomic E-state index is 0.0236. The van der Waals surface area contributed by atoms with E-state index in [1.54, 1.807) is 11.6 Å². The van der Waals surface area contributed by atoms with E-state index in [9.17, 15) is 15.2 Å². The number of aliphatic hydroxyl groups excluding tert-OH is 1. The van der Waals surface area contributed by atoms with E-state index in [1.165, 1.54) is 0 Å². The molecule has 1 N–H and O–H groups in total. The van der Waals surface area contributed by atoms with Gasteiger partial charge in [0.1, 0.15) is 24.0 Å². The van der Waals surface area contributed by atoms with Crippen LogP contribution in [0.3, 0.4) is 0 Å². The molecule has 148 valence electrons. The second-order valence-corrected chi connectivity index (χ2v) is 6.44. The number of nitrogens with zero attached hydrogens (tertiary/aromatic N) is 3. The van der Waals surface area contributed by atoms with Gasteiger partial charge in [0, 0.05) is 7.05 Å². The van der Waals surface area contributed by atoms with Crippen molar-refractivity contribution in [1.82, 2.24) is 9.55 Å². The summed E-state index contributed by atoms with van der Waals surface area (Å²) in [6.07, 6.45) is 0.0236. The Labute approximate surface area is 168 Å². The number of aryl methyl sites for hydroxylation is 2. The van der Waals surface area contributed by atoms with Gasteiger partial charge >= 0.3 is 5.97 Å². The van der Waals surface area contributed by atoms with E-state index in [0.29, 0.717) is 17.1 Å². The number of ether oxygens (including phenoxy) is 2. The highest BCUT2D eigenvalue weighted by Gasteiger charge is 2.17. The highest BCUT2D eigenvalue weighted by Crippen LogP contribution is 2.22. The molecule has 0 atom stereocenters. The highest BCUT2D eigenvalue weighted by molar-refractivity contribution is 5.83. The van der Waals surface area contributed by atoms with Gasteiger partial charge in [-0.2, -0.15) is 5.26 Å². The van der Waals surface area contributed by atoms with Crippen molar-refractivity contribution in [2.75, 3.05) is 13.2 Å². The third-order valence-electron chi connectivity index (χ3n) is 4.44. The van der Waals surface area contributed by atoms with Gasteiger partial charge in [0.15, 0.2) is 11.6 Å². The highest BCUT2D eigenvalue weighted by atomic mass is 16.5. The van der Waals surface area contributed by atoms with Crippen LogP contribution in [-0.2, 0) is 16.6 Å². The van der Waals surface area contributed by atoms with Crippen molar-refractivity contribution in [3.8, 4) is 11.8 Å². The standard InChI is InChI=1S/C22H21N3O4/c1-15-7-3-6-10-20(15)28-12-11-21(27)29-14-19(26)16(13-23)22-24-17-8-4-5-9-18(17)25(22)2/h3-10,26H,11-12,14H2,1-2H3/b19-16-. The van der Waals surface area contributed by atoms with Crippen LogP contribution in [0.15, 0.2) is 54.3 Å². The van der Waals surface area contributed by atoms with Gasteiger partial charge in [-0.3, -0.25) is 4.79 Å². The van der Waals surface area contributed by atoms with Gasteiger partial charge in [-0.05, 0) is 30.7 Å². The number of carbonyl (C=O) groups excluding carboxylic acids is 1. The Morgan fingerprint density at radius 3 is 2.66 bits per heavy atom. The van der Waals surface area contributed by atoms with Crippen LogP contribution in [0.5, 0.6) is 5.75 Å². The lowest BCUT2D eigenvalue weighted by atomic mass is 10.2. The van der Waals surface area contributed by atoms with Crippen LogP contribution in [0.2, 0.25) is 0 Å². The van der Waals surface area contributed by atoms with E-state index in [2.05, 4.69) is 4.98 Å². The molecule has 0 aliphatic heterocycles. The van der Waals surface area contributed by atoms with Gasteiger partial charge in [-0.15, -0.1) is 0 Å². The number of benzene rings is 2. The third-order valence-corrected chi connectivity index (χ3v) is 4.44. The number of allylic oxidation sites excluding steroid dienone is 1. The number of imidazole rings is 1. The van der Waals surface area contributed by atoms with Crippen LogP contribution in [-0.4, -0.2) is 33.8 Å². The SMILES string of the molecule is Cc1ccccc1OCCC(=O)OC/C(O)=C(\C#N)c1nc2ccccc2n1C. The Kier molecular flexibility index (Phi) is 6.15. The van der Waals surface area contributed by atoms with Gasteiger partial charge < -0.3 is 19.1 Å². The smallest absolute Gasteiger partial charge is 0.309 e. The van der Waals surface area contributed by atoms with Gasteiger partial charge in [0.25, 0.3) is 0 Å². The number of fused-ring (bicyclic) bond motifs is 1. The van der Waals surface area contributed by atoms with E-state index in [4.69, 9.17) is 9.47 Å². The van der Waals surface area contributed by atoms with Crippen LogP contribution >= 0.6 is 0 Å². The summed E-state index contributed by atoms with van der Waals surface area (Å²) >= 11 is 0. The van der Waals surface area contributed by atoms with Crippen molar-refractivity contribution in [1.29, 1.82) is 5.26 Å². The van der Waals surface area contributed by atoms with Crippen LogP contribution in [0.4, 0.5) is 0 Å². The molecule has 3 aromatic rings. The fourth-order valence-corrected chi connectivity index (χ4v) is 2.87. The van der Waals surface area contributed by atoms with Crippen LogP contribution in [0.1, 0.15) is 17.8 Å². The molecule has 3 rings (SSSR count). The zero-order chi connectivity index (χ0) is 20.8. The molecule has 0 aliphatic rings. The summed E-state index contributed by atoms with van der Waals surface area (Å²) in [6.45, 7) is 1.67. The average Bonchev–Trinajstić information content (AvgIpc) is 3.05. The van der Waals surface area contributed by atoms with Crippen molar-refractivity contribution in [2.45, 2.75) is 13.3 Å². The normalized spacial score (nSPS) is 11.6. The molecule has 2 aromatic carbocycles. The van der Waals surface area contributed by atoms with Crippen molar-refractivity contribution in [2.24, 2.45) is 7.05 Å². The minimum atomic E-state index is -0.535.